The minimum Gasteiger partial charge on any atom is -0.480 e. The number of thiocarbonyl (C=S) groups is 1. The van der Waals surface area contributed by atoms with Crippen molar-refractivity contribution in [3.05, 3.63) is 0 Å². The summed E-state index contributed by atoms with van der Waals surface area (Å²) in [5.74, 6) is -0.913. The molecule has 1 aliphatic rings. The van der Waals surface area contributed by atoms with Crippen molar-refractivity contribution in [2.45, 2.75) is 25.0 Å². The third-order valence-corrected chi connectivity index (χ3v) is 3.41. The molecule has 0 aliphatic carbocycles. The van der Waals surface area contributed by atoms with Gasteiger partial charge in [-0.05, 0) is 13.3 Å². The van der Waals surface area contributed by atoms with E-state index in [1.54, 1.807) is 6.92 Å². The van der Waals surface area contributed by atoms with Gasteiger partial charge in [0.05, 0.1) is 0 Å². The van der Waals surface area contributed by atoms with E-state index in [-0.39, 0.29) is 5.91 Å². The third-order valence-electron chi connectivity index (χ3n) is 1.92. The molecule has 1 amide bonds. The molecule has 0 aromatic heterocycles. The number of likely N-dealkylation sites (tertiary alicyclic amines) is 1. The van der Waals surface area contributed by atoms with Gasteiger partial charge in [-0.2, -0.15) is 0 Å². The second-order valence-electron chi connectivity index (χ2n) is 3.01. The predicted molar refractivity (Wildman–Crippen MR) is 58.2 cm³/mol. The lowest BCUT2D eigenvalue weighted by Gasteiger charge is -2.17. The lowest BCUT2D eigenvalue weighted by atomic mass is 10.4. The highest BCUT2D eigenvalue weighted by Gasteiger charge is 2.26. The van der Waals surface area contributed by atoms with Gasteiger partial charge in [-0.15, -0.1) is 0 Å². The second kappa shape index (κ2) is 4.75. The first-order valence-electron chi connectivity index (χ1n) is 4.26. The second-order valence-corrected chi connectivity index (χ2v) is 4.99. The number of aliphatic carboxylic acids is 1. The van der Waals surface area contributed by atoms with Gasteiger partial charge >= 0.3 is 5.97 Å². The van der Waals surface area contributed by atoms with E-state index in [1.165, 1.54) is 4.90 Å². The molecule has 1 fully saturated rings. The number of hydrogen-bond acceptors (Lipinski definition) is 4. The number of nitrogens with zero attached hydrogens (tertiary/aromatic N) is 1. The van der Waals surface area contributed by atoms with Gasteiger partial charge in [0, 0.05) is 13.0 Å². The summed E-state index contributed by atoms with van der Waals surface area (Å²) in [6, 6.07) is 0. The molecule has 1 aliphatic heterocycles. The fourth-order valence-corrected chi connectivity index (χ4v) is 2.46. The quantitative estimate of drug-likeness (QED) is 0.724. The first kappa shape index (κ1) is 11.5. The average molecular weight is 233 g/mol. The van der Waals surface area contributed by atoms with Crippen LogP contribution in [-0.4, -0.2) is 38.0 Å². The molecule has 1 rings (SSSR count). The van der Waals surface area contributed by atoms with Crippen LogP contribution in [0.25, 0.3) is 0 Å². The van der Waals surface area contributed by atoms with Crippen molar-refractivity contribution >= 4 is 40.2 Å². The Balaban J connectivity index is 2.49. The third kappa shape index (κ3) is 2.68. The molecule has 4 nitrogen and oxygen atoms in total. The van der Waals surface area contributed by atoms with Crippen LogP contribution in [0.1, 0.15) is 19.8 Å². The molecule has 6 heteroatoms. The van der Waals surface area contributed by atoms with Crippen LogP contribution in [0.15, 0.2) is 0 Å². The average Bonchev–Trinajstić information content (AvgIpc) is 2.51. The summed E-state index contributed by atoms with van der Waals surface area (Å²) >= 11 is 6.04. The van der Waals surface area contributed by atoms with Crippen molar-refractivity contribution in [3.8, 4) is 0 Å². The highest BCUT2D eigenvalue weighted by atomic mass is 32.2. The molecule has 0 aromatic carbocycles. The van der Waals surface area contributed by atoms with Gasteiger partial charge < -0.3 is 5.11 Å². The SMILES string of the molecule is CC(SC(=S)N1CCCC1=O)C(=O)O. The summed E-state index contributed by atoms with van der Waals surface area (Å²) in [6.07, 6.45) is 1.32. The van der Waals surface area contributed by atoms with E-state index >= 15 is 0 Å². The van der Waals surface area contributed by atoms with Crippen molar-refractivity contribution in [3.63, 3.8) is 0 Å². The van der Waals surface area contributed by atoms with E-state index in [4.69, 9.17) is 17.3 Å². The molecule has 0 spiro atoms. The molecule has 0 aromatic rings. The number of thioether (sulfide) groups is 1. The Bertz CT molecular complexity index is 280. The van der Waals surface area contributed by atoms with Gasteiger partial charge in [-0.1, -0.05) is 24.0 Å². The number of carboxylic acids is 1. The monoisotopic (exact) mass is 233 g/mol. The smallest absolute Gasteiger partial charge is 0.316 e. The minimum atomic E-state index is -0.913. The Kier molecular flexibility index (Phi) is 3.88. The van der Waals surface area contributed by atoms with Crippen LogP contribution < -0.4 is 0 Å². The van der Waals surface area contributed by atoms with Crippen molar-refractivity contribution in [1.82, 2.24) is 4.90 Å². The molecule has 0 bridgehead atoms. The largest absolute Gasteiger partial charge is 0.480 e. The standard InChI is InChI=1S/C8H11NO3S2/c1-5(7(11)12)14-8(13)9-4-2-3-6(9)10/h5H,2-4H2,1H3,(H,11,12). The fourth-order valence-electron chi connectivity index (χ4n) is 1.11. The lowest BCUT2D eigenvalue weighted by molar-refractivity contribution is -0.136. The Morgan fingerprint density at radius 2 is 2.36 bits per heavy atom. The van der Waals surface area contributed by atoms with Gasteiger partial charge in [0.15, 0.2) is 0 Å². The number of amides is 1. The zero-order valence-corrected chi connectivity index (χ0v) is 9.36. The highest BCUT2D eigenvalue weighted by Crippen LogP contribution is 2.21. The number of carboxylic acid groups (broad SMARTS) is 1. The van der Waals surface area contributed by atoms with Crippen molar-refractivity contribution in [2.24, 2.45) is 0 Å². The van der Waals surface area contributed by atoms with Crippen molar-refractivity contribution in [2.75, 3.05) is 6.54 Å². The van der Waals surface area contributed by atoms with Gasteiger partial charge in [0.25, 0.3) is 0 Å². The van der Waals surface area contributed by atoms with Crippen LogP contribution >= 0.6 is 24.0 Å². The van der Waals surface area contributed by atoms with Gasteiger partial charge in [-0.3, -0.25) is 14.5 Å². The first-order chi connectivity index (χ1) is 6.52. The number of carbonyl (C=O) groups is 2. The van der Waals surface area contributed by atoms with Crippen molar-refractivity contribution in [1.29, 1.82) is 0 Å². The summed E-state index contributed by atoms with van der Waals surface area (Å²) in [6.45, 7) is 2.18. The van der Waals surface area contributed by atoms with Crippen LogP contribution in [-0.2, 0) is 9.59 Å². The summed E-state index contributed by atoms with van der Waals surface area (Å²) in [5.41, 5.74) is 0. The fraction of sp³-hybridized carbons (Fsp3) is 0.625. The molecule has 14 heavy (non-hydrogen) atoms. The topological polar surface area (TPSA) is 57.6 Å². The van der Waals surface area contributed by atoms with Gasteiger partial charge in [0.2, 0.25) is 5.91 Å². The van der Waals surface area contributed by atoms with Gasteiger partial charge in [0.1, 0.15) is 9.57 Å². The molecule has 1 atom stereocenters. The summed E-state index contributed by atoms with van der Waals surface area (Å²) in [7, 11) is 0. The normalized spacial score (nSPS) is 18.4. The molecule has 1 N–H and O–H groups in total. The summed E-state index contributed by atoms with van der Waals surface area (Å²) in [5, 5.41) is 8.05. The van der Waals surface area contributed by atoms with E-state index in [0.717, 1.165) is 18.2 Å². The predicted octanol–water partition coefficient (Wildman–Crippen LogP) is 1.10. The maximum absolute atomic E-state index is 11.2. The van der Waals surface area contributed by atoms with E-state index in [2.05, 4.69) is 0 Å². The van der Waals surface area contributed by atoms with E-state index in [9.17, 15) is 9.59 Å². The Hall–Kier alpha value is -0.620. The van der Waals surface area contributed by atoms with Crippen LogP contribution in [0.2, 0.25) is 0 Å². The molecule has 1 saturated heterocycles. The minimum absolute atomic E-state index is 0.0000822. The first-order valence-corrected chi connectivity index (χ1v) is 5.55. The van der Waals surface area contributed by atoms with E-state index in [0.29, 0.717) is 17.3 Å². The van der Waals surface area contributed by atoms with Crippen molar-refractivity contribution < 1.29 is 14.7 Å². The van der Waals surface area contributed by atoms with E-state index < -0.39 is 11.2 Å². The zero-order chi connectivity index (χ0) is 10.7. The lowest BCUT2D eigenvalue weighted by Crippen LogP contribution is -2.30. The number of rotatable bonds is 2. The maximum Gasteiger partial charge on any atom is 0.316 e. The Labute approximate surface area is 91.6 Å². The maximum atomic E-state index is 11.2. The highest BCUT2D eigenvalue weighted by molar-refractivity contribution is 8.23. The number of carbonyl (C=O) groups excluding carboxylic acids is 1. The summed E-state index contributed by atoms with van der Waals surface area (Å²) < 4.78 is 0.377. The molecule has 1 unspecified atom stereocenters. The summed E-state index contributed by atoms with van der Waals surface area (Å²) in [4.78, 5) is 23.3. The molecule has 1 heterocycles. The molecule has 78 valence electrons. The van der Waals surface area contributed by atoms with Gasteiger partial charge in [-0.25, -0.2) is 0 Å². The molecular formula is C8H11NO3S2. The Morgan fingerprint density at radius 3 is 2.79 bits per heavy atom. The van der Waals surface area contributed by atoms with Crippen LogP contribution in [0.5, 0.6) is 0 Å². The zero-order valence-electron chi connectivity index (χ0n) is 7.73. The Morgan fingerprint density at radius 1 is 1.71 bits per heavy atom. The molecule has 0 radical (unpaired) electrons. The van der Waals surface area contributed by atoms with Crippen LogP contribution in [0.3, 0.4) is 0 Å². The molecule has 0 saturated carbocycles. The molecular weight excluding hydrogens is 222 g/mol. The van der Waals surface area contributed by atoms with E-state index in [1.807, 2.05) is 0 Å². The van der Waals surface area contributed by atoms with Crippen LogP contribution in [0, 0.1) is 0 Å². The number of hydrogen-bond donors (Lipinski definition) is 1. The van der Waals surface area contributed by atoms with Crippen LogP contribution in [0.4, 0.5) is 0 Å².